The molecule has 2 N–H and O–H groups in total. The fourth-order valence-corrected chi connectivity index (χ4v) is 3.32. The molecule has 1 aliphatic heterocycles. The van der Waals surface area contributed by atoms with Crippen LogP contribution in [0.2, 0.25) is 0 Å². The highest BCUT2D eigenvalue weighted by molar-refractivity contribution is 5.85. The first-order valence-corrected chi connectivity index (χ1v) is 9.32. The van der Waals surface area contributed by atoms with E-state index in [1.165, 1.54) is 22.9 Å². The lowest BCUT2D eigenvalue weighted by molar-refractivity contribution is -0.122. The Morgan fingerprint density at radius 3 is 2.82 bits per heavy atom. The molecule has 6 nitrogen and oxygen atoms in total. The summed E-state index contributed by atoms with van der Waals surface area (Å²) in [6.45, 7) is 5.48. The van der Waals surface area contributed by atoms with Crippen molar-refractivity contribution in [2.45, 2.75) is 45.2 Å². The number of halogens is 2. The average Bonchev–Trinajstić information content (AvgIpc) is 2.63. The second kappa shape index (κ2) is 9.80. The summed E-state index contributed by atoms with van der Waals surface area (Å²) in [5.41, 5.74) is 1.48. The second-order valence-electron chi connectivity index (χ2n) is 7.21. The number of piperidine rings is 1. The maximum absolute atomic E-state index is 13.6. The van der Waals surface area contributed by atoms with Gasteiger partial charge >= 0.3 is 0 Å². The molecule has 152 valence electrons. The van der Waals surface area contributed by atoms with Gasteiger partial charge in [0.05, 0.1) is 5.69 Å². The van der Waals surface area contributed by atoms with E-state index in [0.29, 0.717) is 16.8 Å². The predicted molar refractivity (Wildman–Crippen MR) is 109 cm³/mol. The zero-order valence-corrected chi connectivity index (χ0v) is 16.9. The number of nitrogens with one attached hydrogen (secondary N) is 2. The standard InChI is InChI=1S/C20H25FN4O2.ClH/c1-13(2)20-17(14-5-3-6-15(21)9-14)10-19(27)25(24-20)12-18(26)23-16-7-4-8-22-11-16;/h3,5-6,9-10,13,16,22H,4,7-8,11-12H2,1-2H3,(H,23,26);1H. The zero-order valence-electron chi connectivity index (χ0n) is 16.1. The van der Waals surface area contributed by atoms with Gasteiger partial charge in [-0.3, -0.25) is 9.59 Å². The molecule has 1 fully saturated rings. The van der Waals surface area contributed by atoms with Crippen LogP contribution in [0.1, 0.15) is 38.3 Å². The summed E-state index contributed by atoms with van der Waals surface area (Å²) in [5, 5.41) is 10.6. The molecule has 0 saturated carbocycles. The fourth-order valence-electron chi connectivity index (χ4n) is 3.32. The molecule has 1 unspecified atom stereocenters. The lowest BCUT2D eigenvalue weighted by Crippen LogP contribution is -2.47. The summed E-state index contributed by atoms with van der Waals surface area (Å²) in [5.74, 6) is -0.584. The number of hydrogen-bond donors (Lipinski definition) is 2. The molecule has 28 heavy (non-hydrogen) atoms. The first-order chi connectivity index (χ1) is 12.9. The van der Waals surface area contributed by atoms with Gasteiger partial charge in [-0.05, 0) is 43.0 Å². The molecule has 3 rings (SSSR count). The summed E-state index contributed by atoms with van der Waals surface area (Å²) < 4.78 is 14.8. The minimum Gasteiger partial charge on any atom is -0.350 e. The van der Waals surface area contributed by atoms with Gasteiger partial charge in [0.25, 0.3) is 5.56 Å². The van der Waals surface area contributed by atoms with Crippen molar-refractivity contribution in [1.29, 1.82) is 0 Å². The van der Waals surface area contributed by atoms with Crippen LogP contribution in [0.4, 0.5) is 4.39 Å². The summed E-state index contributed by atoms with van der Waals surface area (Å²) in [4.78, 5) is 24.8. The Balaban J connectivity index is 0.00000280. The summed E-state index contributed by atoms with van der Waals surface area (Å²) >= 11 is 0. The Morgan fingerprint density at radius 1 is 1.39 bits per heavy atom. The number of hydrogen-bond acceptors (Lipinski definition) is 4. The van der Waals surface area contributed by atoms with Crippen molar-refractivity contribution in [1.82, 2.24) is 20.4 Å². The lowest BCUT2D eigenvalue weighted by Gasteiger charge is -2.24. The first kappa shape index (κ1) is 22.0. The van der Waals surface area contributed by atoms with Crippen LogP contribution in [0.15, 0.2) is 35.1 Å². The van der Waals surface area contributed by atoms with Gasteiger partial charge in [-0.25, -0.2) is 9.07 Å². The second-order valence-corrected chi connectivity index (χ2v) is 7.21. The Labute approximate surface area is 169 Å². The number of carbonyl (C=O) groups excluding carboxylic acids is 1. The van der Waals surface area contributed by atoms with Crippen LogP contribution in [0.5, 0.6) is 0 Å². The van der Waals surface area contributed by atoms with Crippen molar-refractivity contribution in [3.8, 4) is 11.1 Å². The molecule has 1 aliphatic rings. The quantitative estimate of drug-likeness (QED) is 0.796. The lowest BCUT2D eigenvalue weighted by atomic mass is 9.98. The van der Waals surface area contributed by atoms with E-state index in [9.17, 15) is 14.0 Å². The van der Waals surface area contributed by atoms with Crippen molar-refractivity contribution in [2.75, 3.05) is 13.1 Å². The molecule has 0 aliphatic carbocycles. The third-order valence-corrected chi connectivity index (χ3v) is 4.66. The van der Waals surface area contributed by atoms with E-state index < -0.39 is 0 Å². The highest BCUT2D eigenvalue weighted by atomic mass is 35.5. The summed E-state index contributed by atoms with van der Waals surface area (Å²) in [7, 11) is 0. The highest BCUT2D eigenvalue weighted by Crippen LogP contribution is 2.26. The van der Waals surface area contributed by atoms with Crippen LogP contribution in [0.25, 0.3) is 11.1 Å². The van der Waals surface area contributed by atoms with Gasteiger partial charge in [0.2, 0.25) is 5.91 Å². The third kappa shape index (κ3) is 5.39. The van der Waals surface area contributed by atoms with Crippen LogP contribution in [0, 0.1) is 5.82 Å². The maximum atomic E-state index is 13.6. The van der Waals surface area contributed by atoms with Crippen LogP contribution >= 0.6 is 12.4 Å². The van der Waals surface area contributed by atoms with Gasteiger partial charge in [-0.2, -0.15) is 5.10 Å². The number of amides is 1. The molecule has 2 aromatic rings. The van der Waals surface area contributed by atoms with E-state index in [0.717, 1.165) is 25.9 Å². The minimum atomic E-state index is -0.379. The Kier molecular flexibility index (Phi) is 7.71. The largest absolute Gasteiger partial charge is 0.350 e. The number of benzene rings is 1. The van der Waals surface area contributed by atoms with E-state index in [1.54, 1.807) is 12.1 Å². The van der Waals surface area contributed by atoms with E-state index in [2.05, 4.69) is 15.7 Å². The first-order valence-electron chi connectivity index (χ1n) is 9.32. The molecular formula is C20H26ClFN4O2. The van der Waals surface area contributed by atoms with Gasteiger partial charge in [0.15, 0.2) is 0 Å². The van der Waals surface area contributed by atoms with Crippen molar-refractivity contribution in [3.05, 3.63) is 52.2 Å². The minimum absolute atomic E-state index is 0. The van der Waals surface area contributed by atoms with E-state index in [1.807, 2.05) is 13.8 Å². The van der Waals surface area contributed by atoms with E-state index in [4.69, 9.17) is 0 Å². The normalized spacial score (nSPS) is 16.5. The van der Waals surface area contributed by atoms with Crippen LogP contribution < -0.4 is 16.2 Å². The van der Waals surface area contributed by atoms with Crippen molar-refractivity contribution >= 4 is 18.3 Å². The van der Waals surface area contributed by atoms with Gasteiger partial charge in [-0.15, -0.1) is 12.4 Å². The van der Waals surface area contributed by atoms with Crippen molar-refractivity contribution in [2.24, 2.45) is 0 Å². The van der Waals surface area contributed by atoms with Gasteiger partial charge in [0, 0.05) is 24.2 Å². The summed E-state index contributed by atoms with van der Waals surface area (Å²) in [6, 6.07) is 7.61. The maximum Gasteiger partial charge on any atom is 0.267 e. The average molecular weight is 409 g/mol. The third-order valence-electron chi connectivity index (χ3n) is 4.66. The molecule has 0 spiro atoms. The molecule has 1 atom stereocenters. The van der Waals surface area contributed by atoms with Crippen molar-refractivity contribution in [3.63, 3.8) is 0 Å². The Morgan fingerprint density at radius 2 is 2.18 bits per heavy atom. The van der Waals surface area contributed by atoms with Gasteiger partial charge in [0.1, 0.15) is 12.4 Å². The van der Waals surface area contributed by atoms with Gasteiger partial charge < -0.3 is 10.6 Å². The fraction of sp³-hybridized carbons (Fsp3) is 0.450. The topological polar surface area (TPSA) is 76.0 Å². The van der Waals surface area contributed by atoms with Crippen LogP contribution in [-0.4, -0.2) is 34.8 Å². The molecule has 8 heteroatoms. The SMILES string of the molecule is CC(C)c1nn(CC(=O)NC2CCCNC2)c(=O)cc1-c1cccc(F)c1.Cl. The predicted octanol–water partition coefficient (Wildman–Crippen LogP) is 2.46. The molecule has 1 saturated heterocycles. The molecule has 0 bridgehead atoms. The molecule has 1 aromatic heterocycles. The number of nitrogens with zero attached hydrogens (tertiary/aromatic N) is 2. The van der Waals surface area contributed by atoms with Crippen LogP contribution in [-0.2, 0) is 11.3 Å². The Hall–Kier alpha value is -2.25. The number of aromatic nitrogens is 2. The molecule has 2 heterocycles. The van der Waals surface area contributed by atoms with Crippen molar-refractivity contribution < 1.29 is 9.18 Å². The number of rotatable bonds is 5. The molecule has 1 aromatic carbocycles. The van der Waals surface area contributed by atoms with Crippen LogP contribution in [0.3, 0.4) is 0 Å². The van der Waals surface area contributed by atoms with E-state index in [-0.39, 0.29) is 48.2 Å². The molecular weight excluding hydrogens is 383 g/mol. The monoisotopic (exact) mass is 408 g/mol. The molecule has 0 radical (unpaired) electrons. The van der Waals surface area contributed by atoms with Gasteiger partial charge in [-0.1, -0.05) is 26.0 Å². The van der Waals surface area contributed by atoms with E-state index >= 15 is 0 Å². The zero-order chi connectivity index (χ0) is 19.4. The molecule has 1 amide bonds. The smallest absolute Gasteiger partial charge is 0.267 e. The number of carbonyl (C=O) groups is 1. The Bertz CT molecular complexity index is 879. The summed E-state index contributed by atoms with van der Waals surface area (Å²) in [6.07, 6.45) is 1.94. The highest BCUT2D eigenvalue weighted by Gasteiger charge is 2.18.